The van der Waals surface area contributed by atoms with Gasteiger partial charge in [0.15, 0.2) is 5.60 Å². The number of rotatable bonds is 4. The summed E-state index contributed by atoms with van der Waals surface area (Å²) >= 11 is 1.82. The van der Waals surface area contributed by atoms with Gasteiger partial charge < -0.3 is 10.0 Å². The monoisotopic (exact) mass is 334 g/mol. The first kappa shape index (κ1) is 15.6. The summed E-state index contributed by atoms with van der Waals surface area (Å²) in [7, 11) is 0. The van der Waals surface area contributed by atoms with Crippen LogP contribution < -0.4 is 0 Å². The second-order valence-electron chi connectivity index (χ2n) is 7.51. The number of amides is 1. The molecule has 3 heterocycles. The number of hydrogen-bond donors (Lipinski definition) is 1. The maximum absolute atomic E-state index is 12.8. The molecule has 23 heavy (non-hydrogen) atoms. The Labute approximate surface area is 142 Å². The van der Waals surface area contributed by atoms with Crippen molar-refractivity contribution in [2.24, 2.45) is 5.92 Å². The first-order valence-electron chi connectivity index (χ1n) is 8.93. The Hall–Kier alpha value is -0.910. The van der Waals surface area contributed by atoms with Gasteiger partial charge in [-0.2, -0.15) is 0 Å². The number of carbonyl (C=O) groups excluding carboxylic acids is 1. The molecule has 126 valence electrons. The predicted molar refractivity (Wildman–Crippen MR) is 91.4 cm³/mol. The number of β-amino-alcohol motifs (C(OH)–C–C–N with tert-alkyl or cyclic N) is 1. The second-order valence-corrected chi connectivity index (χ2v) is 8.51. The summed E-state index contributed by atoms with van der Waals surface area (Å²) in [5, 5.41) is 13.2. The van der Waals surface area contributed by atoms with Crippen molar-refractivity contribution < 1.29 is 9.90 Å². The van der Waals surface area contributed by atoms with Crippen molar-refractivity contribution in [3.8, 4) is 0 Å². The number of likely N-dealkylation sites (tertiary alicyclic amines) is 1. The van der Waals surface area contributed by atoms with Crippen molar-refractivity contribution in [2.75, 3.05) is 26.2 Å². The Morgan fingerprint density at radius 2 is 2.17 bits per heavy atom. The number of fused-ring (bicyclic) bond motifs is 1. The van der Waals surface area contributed by atoms with E-state index in [1.54, 1.807) is 0 Å². The van der Waals surface area contributed by atoms with E-state index in [0.29, 0.717) is 18.9 Å². The smallest absolute Gasteiger partial charge is 0.255 e. The fourth-order valence-corrected chi connectivity index (χ4v) is 5.07. The molecule has 4 rings (SSSR count). The van der Waals surface area contributed by atoms with Gasteiger partial charge in [0.05, 0.1) is 0 Å². The molecule has 1 saturated heterocycles. The molecule has 2 fully saturated rings. The number of aliphatic hydroxyl groups is 1. The van der Waals surface area contributed by atoms with E-state index in [9.17, 15) is 9.90 Å². The van der Waals surface area contributed by atoms with Gasteiger partial charge >= 0.3 is 0 Å². The lowest BCUT2D eigenvalue weighted by Gasteiger charge is -2.43. The molecule has 1 N–H and O–H groups in total. The zero-order valence-electron chi connectivity index (χ0n) is 13.7. The molecule has 3 aliphatic rings. The van der Waals surface area contributed by atoms with Crippen LogP contribution in [0.1, 0.15) is 42.5 Å². The molecule has 4 nitrogen and oxygen atoms in total. The highest BCUT2D eigenvalue weighted by atomic mass is 32.1. The van der Waals surface area contributed by atoms with E-state index in [-0.39, 0.29) is 5.91 Å². The molecule has 1 amide bonds. The van der Waals surface area contributed by atoms with Crippen LogP contribution in [0.3, 0.4) is 0 Å². The molecule has 0 radical (unpaired) electrons. The van der Waals surface area contributed by atoms with Gasteiger partial charge in [-0.05, 0) is 55.0 Å². The fraction of sp³-hybridized carbons (Fsp3) is 0.722. The molecular formula is C18H26N2O2S. The van der Waals surface area contributed by atoms with Gasteiger partial charge in [-0.25, -0.2) is 0 Å². The molecule has 5 heteroatoms. The number of carbonyl (C=O) groups is 1. The van der Waals surface area contributed by atoms with Crippen LogP contribution in [0, 0.1) is 5.92 Å². The number of piperidine rings is 1. The third kappa shape index (κ3) is 3.06. The highest BCUT2D eigenvalue weighted by Crippen LogP contribution is 2.32. The summed E-state index contributed by atoms with van der Waals surface area (Å²) in [6.07, 6.45) is 6.37. The second kappa shape index (κ2) is 6.19. The lowest BCUT2D eigenvalue weighted by Crippen LogP contribution is -2.59. The minimum Gasteiger partial charge on any atom is -0.379 e. The molecule has 1 aromatic heterocycles. The lowest BCUT2D eigenvalue weighted by atomic mass is 9.83. The SMILES string of the molecule is O=C1N(CC2CCC2)CCC[C@@]1(O)CN1CCc2sccc2C1. The Bertz CT molecular complexity index is 583. The van der Waals surface area contributed by atoms with Gasteiger partial charge in [-0.3, -0.25) is 9.69 Å². The van der Waals surface area contributed by atoms with Crippen molar-refractivity contribution in [2.45, 2.75) is 50.7 Å². The maximum atomic E-state index is 12.8. The Morgan fingerprint density at radius 3 is 2.96 bits per heavy atom. The molecule has 1 saturated carbocycles. The first-order valence-corrected chi connectivity index (χ1v) is 9.81. The van der Waals surface area contributed by atoms with Crippen LogP contribution in [0.15, 0.2) is 11.4 Å². The molecule has 0 aromatic carbocycles. The summed E-state index contributed by atoms with van der Waals surface area (Å²) < 4.78 is 0. The maximum Gasteiger partial charge on any atom is 0.255 e. The average molecular weight is 334 g/mol. The van der Waals surface area contributed by atoms with Gasteiger partial charge in [0, 0.05) is 37.6 Å². The van der Waals surface area contributed by atoms with Crippen LogP contribution in [0.4, 0.5) is 0 Å². The van der Waals surface area contributed by atoms with E-state index in [2.05, 4.69) is 16.3 Å². The van der Waals surface area contributed by atoms with Crippen LogP contribution in [-0.4, -0.2) is 52.6 Å². The topological polar surface area (TPSA) is 43.8 Å². The highest BCUT2D eigenvalue weighted by molar-refractivity contribution is 7.10. The van der Waals surface area contributed by atoms with E-state index in [0.717, 1.165) is 39.0 Å². The van der Waals surface area contributed by atoms with Crippen molar-refractivity contribution in [1.29, 1.82) is 0 Å². The van der Waals surface area contributed by atoms with Gasteiger partial charge in [-0.1, -0.05) is 6.42 Å². The van der Waals surface area contributed by atoms with Crippen molar-refractivity contribution >= 4 is 17.2 Å². The zero-order chi connectivity index (χ0) is 15.9. The summed E-state index contributed by atoms with van der Waals surface area (Å²) in [6.45, 7) is 3.99. The number of thiophene rings is 1. The molecule has 2 aliphatic heterocycles. The van der Waals surface area contributed by atoms with Gasteiger partial charge in [0.1, 0.15) is 0 Å². The average Bonchev–Trinajstić information content (AvgIpc) is 2.94. The third-order valence-corrected chi connectivity index (χ3v) is 6.80. The van der Waals surface area contributed by atoms with Crippen LogP contribution in [0.25, 0.3) is 0 Å². The van der Waals surface area contributed by atoms with Crippen LogP contribution in [0.2, 0.25) is 0 Å². The lowest BCUT2D eigenvalue weighted by molar-refractivity contribution is -0.161. The van der Waals surface area contributed by atoms with Crippen LogP contribution in [0.5, 0.6) is 0 Å². The van der Waals surface area contributed by atoms with E-state index in [1.807, 2.05) is 16.2 Å². The van der Waals surface area contributed by atoms with Crippen molar-refractivity contribution in [1.82, 2.24) is 9.80 Å². The van der Waals surface area contributed by atoms with Gasteiger partial charge in [-0.15, -0.1) is 11.3 Å². The number of hydrogen-bond acceptors (Lipinski definition) is 4. The van der Waals surface area contributed by atoms with Crippen molar-refractivity contribution in [3.63, 3.8) is 0 Å². The molecule has 0 spiro atoms. The van der Waals surface area contributed by atoms with Gasteiger partial charge in [0.25, 0.3) is 5.91 Å². The minimum absolute atomic E-state index is 0.0215. The third-order valence-electron chi connectivity index (χ3n) is 5.78. The van der Waals surface area contributed by atoms with Gasteiger partial charge in [0.2, 0.25) is 0 Å². The largest absolute Gasteiger partial charge is 0.379 e. The Kier molecular flexibility index (Phi) is 4.20. The van der Waals surface area contributed by atoms with E-state index in [1.165, 1.54) is 29.7 Å². The molecule has 1 aromatic rings. The van der Waals surface area contributed by atoms with E-state index in [4.69, 9.17) is 0 Å². The summed E-state index contributed by atoms with van der Waals surface area (Å²) in [5.74, 6) is 0.649. The van der Waals surface area contributed by atoms with Crippen LogP contribution >= 0.6 is 11.3 Å². The molecule has 0 unspecified atom stereocenters. The summed E-state index contributed by atoms with van der Waals surface area (Å²) in [6, 6.07) is 2.18. The zero-order valence-corrected chi connectivity index (χ0v) is 14.5. The standard InChI is InChI=1S/C18H26N2O2S/c21-17-18(22,7-2-8-20(17)11-14-3-1-4-14)13-19-9-5-16-15(12-19)6-10-23-16/h6,10,14,22H,1-5,7-9,11-13H2/t18-/m1/s1. The molecule has 1 atom stereocenters. The summed E-state index contributed by atoms with van der Waals surface area (Å²) in [5.41, 5.74) is 0.203. The quantitative estimate of drug-likeness (QED) is 0.918. The normalized spacial score (nSPS) is 29.4. The van der Waals surface area contributed by atoms with E-state index >= 15 is 0 Å². The predicted octanol–water partition coefficient (Wildman–Crippen LogP) is 2.26. The molecular weight excluding hydrogens is 308 g/mol. The van der Waals surface area contributed by atoms with E-state index < -0.39 is 5.60 Å². The summed E-state index contributed by atoms with van der Waals surface area (Å²) in [4.78, 5) is 18.5. The Balaban J connectivity index is 1.41. The molecule has 0 bridgehead atoms. The molecule has 1 aliphatic carbocycles. The number of nitrogens with zero attached hydrogens (tertiary/aromatic N) is 2. The Morgan fingerprint density at radius 1 is 1.30 bits per heavy atom. The van der Waals surface area contributed by atoms with Crippen molar-refractivity contribution in [3.05, 3.63) is 21.9 Å². The minimum atomic E-state index is -1.17. The highest BCUT2D eigenvalue weighted by Gasteiger charge is 2.44. The fourth-order valence-electron chi connectivity index (χ4n) is 4.18. The van der Waals surface area contributed by atoms with Crippen LogP contribution in [-0.2, 0) is 17.8 Å². The first-order chi connectivity index (χ1) is 11.1.